The number of aryl methyl sites for hydroxylation is 2. The van der Waals surface area contributed by atoms with Crippen LogP contribution in [0.25, 0.3) is 11.8 Å². The first-order valence-corrected chi connectivity index (χ1v) is 12.0. The van der Waals surface area contributed by atoms with E-state index in [0.29, 0.717) is 17.3 Å². The number of nitro benzene ring substituents is 1. The molecule has 1 amide bonds. The van der Waals surface area contributed by atoms with Gasteiger partial charge in [0.1, 0.15) is 5.04 Å². The Morgan fingerprint density at radius 2 is 1.86 bits per heavy atom. The van der Waals surface area contributed by atoms with Crippen molar-refractivity contribution in [3.05, 3.63) is 98.4 Å². The van der Waals surface area contributed by atoms with Gasteiger partial charge in [0.15, 0.2) is 5.84 Å². The van der Waals surface area contributed by atoms with Crippen molar-refractivity contribution in [1.29, 1.82) is 5.41 Å². The average Bonchev–Trinajstić information content (AvgIpc) is 3.37. The SMILES string of the molecule is Cc1ccc([N+](=O)[O-])cc1-n1c(C)cc(/C=C2/C(=N)N3N=C(Cc4ccccc4)SC3=NC2=O)c1C. The molecular weight excluding hydrogens is 476 g/mol. The molecule has 0 saturated carbocycles. The van der Waals surface area contributed by atoms with Gasteiger partial charge in [0.25, 0.3) is 11.6 Å². The Labute approximate surface area is 211 Å². The smallest absolute Gasteiger partial charge is 0.283 e. The monoisotopic (exact) mass is 498 g/mol. The number of thioether (sulfide) groups is 1. The number of aliphatic imine (C=N–C) groups is 1. The number of hydrogen-bond acceptors (Lipinski definition) is 6. The predicted octanol–water partition coefficient (Wildman–Crippen LogP) is 5.17. The van der Waals surface area contributed by atoms with Gasteiger partial charge < -0.3 is 4.57 Å². The number of nitrogens with one attached hydrogen (secondary N) is 1. The zero-order chi connectivity index (χ0) is 25.6. The zero-order valence-electron chi connectivity index (χ0n) is 19.8. The molecule has 0 fully saturated rings. The maximum Gasteiger partial charge on any atom is 0.283 e. The number of hydrazone groups is 1. The number of amidine groups is 2. The Kier molecular flexibility index (Phi) is 5.89. The van der Waals surface area contributed by atoms with Crippen LogP contribution >= 0.6 is 11.8 Å². The predicted molar refractivity (Wildman–Crippen MR) is 142 cm³/mol. The van der Waals surface area contributed by atoms with Crippen molar-refractivity contribution >= 4 is 45.5 Å². The summed E-state index contributed by atoms with van der Waals surface area (Å²) < 4.78 is 1.92. The molecule has 9 nitrogen and oxygen atoms in total. The third-order valence-corrected chi connectivity index (χ3v) is 7.02. The summed E-state index contributed by atoms with van der Waals surface area (Å²) in [6, 6.07) is 16.5. The number of aromatic nitrogens is 1. The van der Waals surface area contributed by atoms with Crippen molar-refractivity contribution in [1.82, 2.24) is 9.58 Å². The van der Waals surface area contributed by atoms with Crippen LogP contribution in [0.1, 0.15) is 28.1 Å². The van der Waals surface area contributed by atoms with Crippen molar-refractivity contribution in [2.24, 2.45) is 10.1 Å². The lowest BCUT2D eigenvalue weighted by atomic mass is 10.1. The van der Waals surface area contributed by atoms with Crippen LogP contribution in [0.5, 0.6) is 0 Å². The van der Waals surface area contributed by atoms with E-state index < -0.39 is 10.8 Å². The molecule has 5 rings (SSSR count). The maximum atomic E-state index is 12.9. The third-order valence-electron chi connectivity index (χ3n) is 6.11. The van der Waals surface area contributed by atoms with Crippen LogP contribution in [0, 0.1) is 36.3 Å². The molecule has 0 saturated heterocycles. The number of amides is 1. The largest absolute Gasteiger partial charge is 0.317 e. The molecule has 2 aromatic carbocycles. The number of carbonyl (C=O) groups is 1. The van der Waals surface area contributed by atoms with E-state index in [1.165, 1.54) is 22.8 Å². The van der Waals surface area contributed by atoms with Gasteiger partial charge in [-0.25, -0.2) is 0 Å². The highest BCUT2D eigenvalue weighted by Crippen LogP contribution is 2.32. The molecule has 1 aromatic heterocycles. The first-order valence-electron chi connectivity index (χ1n) is 11.2. The van der Waals surface area contributed by atoms with Gasteiger partial charge in [-0.1, -0.05) is 36.4 Å². The number of nitro groups is 1. The van der Waals surface area contributed by atoms with E-state index in [2.05, 4.69) is 10.1 Å². The molecule has 36 heavy (non-hydrogen) atoms. The molecule has 10 heteroatoms. The van der Waals surface area contributed by atoms with Gasteiger partial charge in [0.2, 0.25) is 5.17 Å². The minimum Gasteiger partial charge on any atom is -0.317 e. The normalized spacial score (nSPS) is 16.3. The van der Waals surface area contributed by atoms with E-state index in [-0.39, 0.29) is 17.1 Å². The molecule has 0 bridgehead atoms. The topological polar surface area (TPSA) is 117 Å². The second-order valence-corrected chi connectivity index (χ2v) is 9.61. The van der Waals surface area contributed by atoms with Gasteiger partial charge in [-0.05, 0) is 61.4 Å². The molecule has 0 unspecified atom stereocenters. The lowest BCUT2D eigenvalue weighted by Crippen LogP contribution is -2.35. The molecule has 0 spiro atoms. The maximum absolute atomic E-state index is 12.9. The summed E-state index contributed by atoms with van der Waals surface area (Å²) in [6.07, 6.45) is 2.23. The Morgan fingerprint density at radius 1 is 1.11 bits per heavy atom. The number of nitrogens with zero attached hydrogens (tertiary/aromatic N) is 5. The quantitative estimate of drug-likeness (QED) is 0.296. The number of rotatable bonds is 5. The highest BCUT2D eigenvalue weighted by molar-refractivity contribution is 8.26. The Balaban J connectivity index is 1.49. The number of hydrogen-bond donors (Lipinski definition) is 1. The Morgan fingerprint density at radius 3 is 2.58 bits per heavy atom. The fourth-order valence-electron chi connectivity index (χ4n) is 4.29. The molecule has 0 aliphatic carbocycles. The second kappa shape index (κ2) is 9.04. The molecule has 3 heterocycles. The van der Waals surface area contributed by atoms with Crippen molar-refractivity contribution in [2.45, 2.75) is 27.2 Å². The standard InChI is InChI=1S/C26H22N6O3S/c1-15-9-10-20(32(34)35)14-22(15)30-16(2)11-19(17(30)3)13-21-24(27)31-26(28-25(21)33)36-23(29-31)12-18-7-5-4-6-8-18/h4-11,13-14,27H,12H2,1-3H3/b21-13-,27-24?. The van der Waals surface area contributed by atoms with Crippen LogP contribution in [0.3, 0.4) is 0 Å². The highest BCUT2D eigenvalue weighted by atomic mass is 32.2. The zero-order valence-corrected chi connectivity index (χ0v) is 20.7. The number of carbonyl (C=O) groups excluding carboxylic acids is 1. The molecule has 1 N–H and O–H groups in total. The Bertz CT molecular complexity index is 1530. The molecular formula is C26H22N6O3S. The van der Waals surface area contributed by atoms with E-state index in [1.807, 2.05) is 61.7 Å². The first-order chi connectivity index (χ1) is 17.2. The van der Waals surface area contributed by atoms with E-state index in [9.17, 15) is 14.9 Å². The van der Waals surface area contributed by atoms with E-state index in [4.69, 9.17) is 5.41 Å². The summed E-state index contributed by atoms with van der Waals surface area (Å²) in [6.45, 7) is 5.67. The van der Waals surface area contributed by atoms with E-state index >= 15 is 0 Å². The fraction of sp³-hybridized carbons (Fsp3) is 0.154. The van der Waals surface area contributed by atoms with Crippen molar-refractivity contribution in [2.75, 3.05) is 0 Å². The van der Waals surface area contributed by atoms with Gasteiger partial charge in [0, 0.05) is 29.9 Å². The van der Waals surface area contributed by atoms with Crippen molar-refractivity contribution in [3.63, 3.8) is 0 Å². The van der Waals surface area contributed by atoms with Crippen LogP contribution in [0.4, 0.5) is 5.69 Å². The van der Waals surface area contributed by atoms with Gasteiger partial charge in [-0.3, -0.25) is 20.3 Å². The summed E-state index contributed by atoms with van der Waals surface area (Å²) in [5.41, 5.74) is 5.17. The molecule has 180 valence electrons. The van der Waals surface area contributed by atoms with Gasteiger partial charge in [-0.15, -0.1) is 0 Å². The van der Waals surface area contributed by atoms with Gasteiger partial charge in [-0.2, -0.15) is 15.1 Å². The molecule has 2 aliphatic heterocycles. The lowest BCUT2D eigenvalue weighted by molar-refractivity contribution is -0.384. The highest BCUT2D eigenvalue weighted by Gasteiger charge is 2.35. The van der Waals surface area contributed by atoms with Gasteiger partial charge >= 0.3 is 0 Å². The summed E-state index contributed by atoms with van der Waals surface area (Å²) >= 11 is 1.30. The van der Waals surface area contributed by atoms with E-state index in [1.54, 1.807) is 18.2 Å². The second-order valence-electron chi connectivity index (χ2n) is 8.57. The number of fused-ring (bicyclic) bond motifs is 1. The molecule has 0 radical (unpaired) electrons. The minimum atomic E-state index is -0.494. The number of benzene rings is 2. The van der Waals surface area contributed by atoms with Crippen LogP contribution in [0.15, 0.2) is 70.3 Å². The van der Waals surface area contributed by atoms with Crippen molar-refractivity contribution in [3.8, 4) is 5.69 Å². The summed E-state index contributed by atoms with van der Waals surface area (Å²) in [4.78, 5) is 28.0. The lowest BCUT2D eigenvalue weighted by Gasteiger charge is -2.20. The minimum absolute atomic E-state index is 0.00445. The van der Waals surface area contributed by atoms with Crippen molar-refractivity contribution < 1.29 is 9.72 Å². The third kappa shape index (κ3) is 4.16. The van der Waals surface area contributed by atoms with Crippen LogP contribution < -0.4 is 0 Å². The Hall–Kier alpha value is -4.31. The molecule has 3 aromatic rings. The van der Waals surface area contributed by atoms with Gasteiger partial charge in [0.05, 0.1) is 16.2 Å². The fourth-order valence-corrected chi connectivity index (χ4v) is 5.21. The van der Waals surface area contributed by atoms with Crippen LogP contribution in [-0.4, -0.2) is 36.5 Å². The first kappa shape index (κ1) is 23.4. The molecule has 0 atom stereocenters. The number of non-ortho nitro benzene ring substituents is 1. The average molecular weight is 499 g/mol. The summed E-state index contributed by atoms with van der Waals surface area (Å²) in [5.74, 6) is -0.525. The van der Waals surface area contributed by atoms with E-state index in [0.717, 1.165) is 33.1 Å². The van der Waals surface area contributed by atoms with Crippen LogP contribution in [-0.2, 0) is 11.2 Å². The molecule has 2 aliphatic rings. The van der Waals surface area contributed by atoms with Crippen LogP contribution in [0.2, 0.25) is 0 Å². The summed E-state index contributed by atoms with van der Waals surface area (Å²) in [5, 5.41) is 27.1. The summed E-state index contributed by atoms with van der Waals surface area (Å²) in [7, 11) is 0.